The summed E-state index contributed by atoms with van der Waals surface area (Å²) in [6.45, 7) is 0.671. The molecule has 1 heterocycles. The van der Waals surface area contributed by atoms with E-state index in [2.05, 4.69) is 5.32 Å². The zero-order valence-electron chi connectivity index (χ0n) is 12.0. The maximum atomic E-state index is 13.8. The highest BCUT2D eigenvalue weighted by Crippen LogP contribution is 2.26. The number of carbonyl (C=O) groups is 1. The molecule has 4 nitrogen and oxygen atoms in total. The van der Waals surface area contributed by atoms with Crippen molar-refractivity contribution >= 4 is 11.6 Å². The number of likely N-dealkylation sites (tertiary alicyclic amines) is 1. The monoisotopic (exact) mass is 298 g/mol. The van der Waals surface area contributed by atoms with Gasteiger partial charge in [-0.15, -0.1) is 0 Å². The SMILES string of the molecule is CNc1c(F)cc(C(=O)N2CCCC2CCCO)cc1F. The molecule has 0 aliphatic carbocycles. The third-order valence-electron chi connectivity index (χ3n) is 3.87. The average molecular weight is 298 g/mol. The summed E-state index contributed by atoms with van der Waals surface area (Å²) in [4.78, 5) is 14.1. The molecule has 1 fully saturated rings. The first-order valence-electron chi connectivity index (χ1n) is 7.17. The van der Waals surface area contributed by atoms with E-state index in [4.69, 9.17) is 5.11 Å². The molecule has 1 unspecified atom stereocenters. The van der Waals surface area contributed by atoms with Crippen molar-refractivity contribution in [3.63, 3.8) is 0 Å². The van der Waals surface area contributed by atoms with E-state index in [-0.39, 0.29) is 29.8 Å². The number of carbonyl (C=O) groups excluding carboxylic acids is 1. The van der Waals surface area contributed by atoms with Gasteiger partial charge in [-0.3, -0.25) is 4.79 Å². The highest BCUT2D eigenvalue weighted by molar-refractivity contribution is 5.95. The first-order valence-corrected chi connectivity index (χ1v) is 7.17. The Morgan fingerprint density at radius 3 is 2.67 bits per heavy atom. The van der Waals surface area contributed by atoms with Crippen molar-refractivity contribution in [3.8, 4) is 0 Å². The number of aliphatic hydroxyl groups excluding tert-OH is 1. The van der Waals surface area contributed by atoms with Gasteiger partial charge in [0.25, 0.3) is 5.91 Å². The summed E-state index contributed by atoms with van der Waals surface area (Å²) in [5.74, 6) is -1.89. The maximum Gasteiger partial charge on any atom is 0.254 e. The Labute approximate surface area is 122 Å². The summed E-state index contributed by atoms with van der Waals surface area (Å²) in [6.07, 6.45) is 3.07. The largest absolute Gasteiger partial charge is 0.396 e. The van der Waals surface area contributed by atoms with E-state index in [9.17, 15) is 13.6 Å². The van der Waals surface area contributed by atoms with Gasteiger partial charge in [0.1, 0.15) is 17.3 Å². The summed E-state index contributed by atoms with van der Waals surface area (Å²) in [7, 11) is 1.42. The molecule has 2 N–H and O–H groups in total. The van der Waals surface area contributed by atoms with Gasteiger partial charge in [-0.05, 0) is 37.8 Å². The van der Waals surface area contributed by atoms with Crippen LogP contribution in [-0.4, -0.2) is 42.2 Å². The lowest BCUT2D eigenvalue weighted by Gasteiger charge is -2.25. The number of aliphatic hydroxyl groups is 1. The van der Waals surface area contributed by atoms with Crippen LogP contribution in [0.25, 0.3) is 0 Å². The Balaban J connectivity index is 2.19. The lowest BCUT2D eigenvalue weighted by molar-refractivity contribution is 0.0723. The Kier molecular flexibility index (Phi) is 5.12. The third-order valence-corrected chi connectivity index (χ3v) is 3.87. The molecule has 0 spiro atoms. The van der Waals surface area contributed by atoms with Crippen molar-refractivity contribution in [1.29, 1.82) is 0 Å². The van der Waals surface area contributed by atoms with Crippen LogP contribution >= 0.6 is 0 Å². The van der Waals surface area contributed by atoms with Crippen molar-refractivity contribution in [3.05, 3.63) is 29.3 Å². The second-order valence-corrected chi connectivity index (χ2v) is 5.23. The van der Waals surface area contributed by atoms with Crippen LogP contribution in [-0.2, 0) is 0 Å². The Morgan fingerprint density at radius 1 is 1.43 bits per heavy atom. The van der Waals surface area contributed by atoms with E-state index in [0.717, 1.165) is 25.0 Å². The van der Waals surface area contributed by atoms with Gasteiger partial charge < -0.3 is 15.3 Å². The fourth-order valence-electron chi connectivity index (χ4n) is 2.83. The van der Waals surface area contributed by atoms with E-state index in [1.165, 1.54) is 7.05 Å². The lowest BCUT2D eigenvalue weighted by Crippen LogP contribution is -2.35. The van der Waals surface area contributed by atoms with Gasteiger partial charge in [0, 0.05) is 31.8 Å². The van der Waals surface area contributed by atoms with Gasteiger partial charge in [0.2, 0.25) is 0 Å². The summed E-state index contributed by atoms with van der Waals surface area (Å²) < 4.78 is 27.5. The fourth-order valence-corrected chi connectivity index (χ4v) is 2.83. The van der Waals surface area contributed by atoms with Crippen LogP contribution in [0.5, 0.6) is 0 Å². The Morgan fingerprint density at radius 2 is 2.10 bits per heavy atom. The van der Waals surface area contributed by atoms with Crippen LogP contribution in [0.4, 0.5) is 14.5 Å². The van der Waals surface area contributed by atoms with Crippen LogP contribution in [0.1, 0.15) is 36.0 Å². The van der Waals surface area contributed by atoms with Crippen molar-refractivity contribution in [1.82, 2.24) is 4.90 Å². The molecule has 21 heavy (non-hydrogen) atoms. The van der Waals surface area contributed by atoms with Gasteiger partial charge in [-0.1, -0.05) is 0 Å². The summed E-state index contributed by atoms with van der Waals surface area (Å²) >= 11 is 0. The number of halogens is 2. The molecule has 0 bridgehead atoms. The van der Waals surface area contributed by atoms with E-state index >= 15 is 0 Å². The first-order chi connectivity index (χ1) is 10.1. The normalized spacial score (nSPS) is 18.1. The molecule has 1 amide bonds. The van der Waals surface area contributed by atoms with Crippen LogP contribution in [0.3, 0.4) is 0 Å². The predicted octanol–water partition coefficient (Wildman–Crippen LogP) is 2.38. The number of anilines is 1. The molecule has 1 aromatic carbocycles. The molecule has 1 saturated heterocycles. The highest BCUT2D eigenvalue weighted by atomic mass is 19.1. The van der Waals surface area contributed by atoms with E-state index in [1.807, 2.05) is 0 Å². The molecule has 1 aliphatic rings. The predicted molar refractivity (Wildman–Crippen MR) is 76.3 cm³/mol. The van der Waals surface area contributed by atoms with Crippen molar-refractivity contribution < 1.29 is 18.7 Å². The van der Waals surface area contributed by atoms with Gasteiger partial charge >= 0.3 is 0 Å². The molecule has 0 saturated carbocycles. The number of rotatable bonds is 5. The second-order valence-electron chi connectivity index (χ2n) is 5.23. The van der Waals surface area contributed by atoms with E-state index < -0.39 is 11.6 Å². The van der Waals surface area contributed by atoms with E-state index in [0.29, 0.717) is 19.4 Å². The number of nitrogens with one attached hydrogen (secondary N) is 1. The topological polar surface area (TPSA) is 52.6 Å². The van der Waals surface area contributed by atoms with Gasteiger partial charge in [0.15, 0.2) is 0 Å². The van der Waals surface area contributed by atoms with Crippen molar-refractivity contribution in [2.75, 3.05) is 25.5 Å². The molecule has 1 atom stereocenters. The van der Waals surface area contributed by atoms with Gasteiger partial charge in [-0.2, -0.15) is 0 Å². The van der Waals surface area contributed by atoms with Gasteiger partial charge in [0.05, 0.1) is 0 Å². The molecule has 1 aliphatic heterocycles. The molecule has 116 valence electrons. The van der Waals surface area contributed by atoms with Crippen LogP contribution in [0, 0.1) is 11.6 Å². The first kappa shape index (κ1) is 15.7. The van der Waals surface area contributed by atoms with Crippen LogP contribution in [0.15, 0.2) is 12.1 Å². The smallest absolute Gasteiger partial charge is 0.254 e. The zero-order chi connectivity index (χ0) is 15.4. The summed E-state index contributed by atoms with van der Waals surface area (Å²) in [6, 6.07) is 2.18. The lowest BCUT2D eigenvalue weighted by atomic mass is 10.1. The number of hydrogen-bond acceptors (Lipinski definition) is 3. The molecule has 0 aromatic heterocycles. The minimum atomic E-state index is -0.771. The van der Waals surface area contributed by atoms with Crippen molar-refractivity contribution in [2.45, 2.75) is 31.7 Å². The van der Waals surface area contributed by atoms with Gasteiger partial charge in [-0.25, -0.2) is 8.78 Å². The highest BCUT2D eigenvalue weighted by Gasteiger charge is 2.29. The standard InChI is InChI=1S/C15H20F2N2O2/c1-18-14-12(16)8-10(9-13(14)17)15(21)19-6-2-4-11(19)5-3-7-20/h8-9,11,18,20H,2-7H2,1H3. The molecule has 0 radical (unpaired) electrons. The Bertz CT molecular complexity index is 499. The number of hydrogen-bond donors (Lipinski definition) is 2. The molecule has 1 aromatic rings. The quantitative estimate of drug-likeness (QED) is 0.877. The maximum absolute atomic E-state index is 13.8. The summed E-state index contributed by atoms with van der Waals surface area (Å²) in [5.41, 5.74) is -0.204. The zero-order valence-corrected chi connectivity index (χ0v) is 12.0. The second kappa shape index (κ2) is 6.85. The summed E-state index contributed by atoms with van der Waals surface area (Å²) in [5, 5.41) is 11.3. The number of benzene rings is 1. The van der Waals surface area contributed by atoms with Crippen molar-refractivity contribution in [2.24, 2.45) is 0 Å². The van der Waals surface area contributed by atoms with E-state index in [1.54, 1.807) is 4.90 Å². The average Bonchev–Trinajstić information content (AvgIpc) is 2.92. The third kappa shape index (κ3) is 3.32. The number of amides is 1. The Hall–Kier alpha value is -1.69. The molecular weight excluding hydrogens is 278 g/mol. The van der Waals surface area contributed by atoms with Crippen LogP contribution in [0.2, 0.25) is 0 Å². The molecular formula is C15H20F2N2O2. The molecule has 6 heteroatoms. The minimum absolute atomic E-state index is 0.0277. The minimum Gasteiger partial charge on any atom is -0.396 e. The van der Waals surface area contributed by atoms with Crippen LogP contribution < -0.4 is 5.32 Å². The fraction of sp³-hybridized carbons (Fsp3) is 0.533. The number of nitrogens with zero attached hydrogens (tertiary/aromatic N) is 1. The molecule has 2 rings (SSSR count).